The number of rotatable bonds is 5. The van der Waals surface area contributed by atoms with Gasteiger partial charge in [-0.1, -0.05) is 18.1 Å². The summed E-state index contributed by atoms with van der Waals surface area (Å²) < 4.78 is 12.4. The topological polar surface area (TPSA) is 74.1 Å². The van der Waals surface area contributed by atoms with E-state index in [9.17, 15) is 0 Å². The minimum Gasteiger partial charge on any atom is -0.454 e. The third-order valence-electron chi connectivity index (χ3n) is 2.85. The Bertz CT molecular complexity index is 569. The van der Waals surface area contributed by atoms with Crippen molar-refractivity contribution in [2.24, 2.45) is 0 Å². The minimum absolute atomic E-state index is 0.293. The summed E-state index contributed by atoms with van der Waals surface area (Å²) in [6.45, 7) is 3.82. The Morgan fingerprint density at radius 2 is 2.21 bits per heavy atom. The monoisotopic (exact) mass is 261 g/mol. The van der Waals surface area contributed by atoms with Crippen LogP contribution in [0.1, 0.15) is 18.9 Å². The second-order valence-electron chi connectivity index (χ2n) is 4.27. The van der Waals surface area contributed by atoms with Crippen molar-refractivity contribution < 1.29 is 9.47 Å². The summed E-state index contributed by atoms with van der Waals surface area (Å²) in [6.07, 6.45) is 0.990. The third-order valence-corrected chi connectivity index (χ3v) is 2.85. The van der Waals surface area contributed by atoms with E-state index in [1.54, 1.807) is 4.68 Å². The van der Waals surface area contributed by atoms with Gasteiger partial charge in [-0.2, -0.15) is 0 Å². The number of nitrogens with zero attached hydrogens (tertiary/aromatic N) is 4. The van der Waals surface area contributed by atoms with Gasteiger partial charge < -0.3 is 14.8 Å². The first-order chi connectivity index (χ1) is 9.36. The Labute approximate surface area is 110 Å². The summed E-state index contributed by atoms with van der Waals surface area (Å²) in [5, 5.41) is 14.8. The van der Waals surface area contributed by atoms with E-state index in [0.29, 0.717) is 19.3 Å². The maximum Gasteiger partial charge on any atom is 0.243 e. The highest BCUT2D eigenvalue weighted by atomic mass is 16.7. The predicted molar refractivity (Wildman–Crippen MR) is 68.0 cm³/mol. The van der Waals surface area contributed by atoms with Crippen LogP contribution in [0.15, 0.2) is 18.2 Å². The molecule has 0 bridgehead atoms. The lowest BCUT2D eigenvalue weighted by atomic mass is 10.2. The second kappa shape index (κ2) is 5.13. The molecule has 0 spiro atoms. The molecule has 0 saturated carbocycles. The Kier molecular flexibility index (Phi) is 3.18. The molecule has 1 aliphatic rings. The van der Waals surface area contributed by atoms with E-state index in [1.807, 2.05) is 18.2 Å². The SMILES string of the molecule is CCCn1nnnc1NCc1ccc2c(c1)OCO2. The van der Waals surface area contributed by atoms with Gasteiger partial charge in [-0.3, -0.25) is 0 Å². The van der Waals surface area contributed by atoms with Gasteiger partial charge in [0.05, 0.1) is 0 Å². The molecule has 7 nitrogen and oxygen atoms in total. The van der Waals surface area contributed by atoms with Gasteiger partial charge in [0, 0.05) is 13.1 Å². The Morgan fingerprint density at radius 1 is 1.32 bits per heavy atom. The fourth-order valence-electron chi connectivity index (χ4n) is 1.93. The van der Waals surface area contributed by atoms with Crippen molar-refractivity contribution in [3.8, 4) is 11.5 Å². The molecule has 0 radical (unpaired) electrons. The number of nitrogens with one attached hydrogen (secondary N) is 1. The van der Waals surface area contributed by atoms with Crippen molar-refractivity contribution in [2.75, 3.05) is 12.1 Å². The van der Waals surface area contributed by atoms with Gasteiger partial charge in [0.2, 0.25) is 12.7 Å². The summed E-state index contributed by atoms with van der Waals surface area (Å²) in [6, 6.07) is 5.87. The van der Waals surface area contributed by atoms with E-state index < -0.39 is 0 Å². The largest absolute Gasteiger partial charge is 0.454 e. The Morgan fingerprint density at radius 3 is 3.11 bits per heavy atom. The maximum absolute atomic E-state index is 5.34. The normalized spacial score (nSPS) is 12.7. The fourth-order valence-corrected chi connectivity index (χ4v) is 1.93. The molecule has 1 aliphatic heterocycles. The zero-order valence-electron chi connectivity index (χ0n) is 10.7. The summed E-state index contributed by atoms with van der Waals surface area (Å²) >= 11 is 0. The molecule has 0 aliphatic carbocycles. The minimum atomic E-state index is 0.293. The van der Waals surface area contributed by atoms with E-state index in [-0.39, 0.29) is 0 Å². The molecule has 1 aromatic heterocycles. The summed E-state index contributed by atoms with van der Waals surface area (Å²) in [5.41, 5.74) is 1.09. The molecule has 2 aromatic rings. The van der Waals surface area contributed by atoms with E-state index in [1.165, 1.54) is 0 Å². The highest BCUT2D eigenvalue weighted by Gasteiger charge is 2.13. The number of aryl methyl sites for hydroxylation is 1. The Hall–Kier alpha value is -2.31. The summed E-state index contributed by atoms with van der Waals surface area (Å²) in [4.78, 5) is 0. The van der Waals surface area contributed by atoms with Crippen LogP contribution in [-0.2, 0) is 13.1 Å². The fraction of sp³-hybridized carbons (Fsp3) is 0.417. The second-order valence-corrected chi connectivity index (χ2v) is 4.27. The zero-order valence-corrected chi connectivity index (χ0v) is 10.7. The molecule has 1 aromatic carbocycles. The molecule has 0 fully saturated rings. The van der Waals surface area contributed by atoms with Gasteiger partial charge >= 0.3 is 0 Å². The van der Waals surface area contributed by atoms with Crippen molar-refractivity contribution >= 4 is 5.95 Å². The number of hydrogen-bond donors (Lipinski definition) is 1. The van der Waals surface area contributed by atoms with Gasteiger partial charge in [0.25, 0.3) is 0 Å². The Balaban J connectivity index is 1.67. The van der Waals surface area contributed by atoms with Crippen LogP contribution in [0.4, 0.5) is 5.95 Å². The van der Waals surface area contributed by atoms with Crippen LogP contribution < -0.4 is 14.8 Å². The van der Waals surface area contributed by atoms with Crippen LogP contribution in [-0.4, -0.2) is 27.0 Å². The van der Waals surface area contributed by atoms with Crippen molar-refractivity contribution in [1.29, 1.82) is 0 Å². The number of anilines is 1. The van der Waals surface area contributed by atoms with Crippen molar-refractivity contribution in [3.63, 3.8) is 0 Å². The average Bonchev–Trinajstić information content (AvgIpc) is 3.05. The quantitative estimate of drug-likeness (QED) is 0.877. The number of fused-ring (bicyclic) bond motifs is 1. The average molecular weight is 261 g/mol. The third kappa shape index (κ3) is 2.44. The molecule has 0 atom stereocenters. The molecule has 19 heavy (non-hydrogen) atoms. The smallest absolute Gasteiger partial charge is 0.243 e. The number of benzene rings is 1. The molecule has 0 unspecified atom stereocenters. The molecular formula is C12H15N5O2. The first-order valence-electron chi connectivity index (χ1n) is 6.25. The standard InChI is InChI=1S/C12H15N5O2/c1-2-5-17-12(14-15-16-17)13-7-9-3-4-10-11(6-9)19-8-18-10/h3-4,6H,2,5,7-8H2,1H3,(H,13,14,16). The van der Waals surface area contributed by atoms with E-state index in [0.717, 1.165) is 30.0 Å². The van der Waals surface area contributed by atoms with E-state index in [4.69, 9.17) is 9.47 Å². The van der Waals surface area contributed by atoms with Crippen molar-refractivity contribution in [2.45, 2.75) is 26.4 Å². The van der Waals surface area contributed by atoms with Gasteiger partial charge in [0.15, 0.2) is 11.5 Å². The van der Waals surface area contributed by atoms with Crippen molar-refractivity contribution in [1.82, 2.24) is 20.2 Å². The highest BCUT2D eigenvalue weighted by Crippen LogP contribution is 2.32. The lowest BCUT2D eigenvalue weighted by Gasteiger charge is -2.06. The molecule has 0 saturated heterocycles. The molecule has 1 N–H and O–H groups in total. The molecule has 0 amide bonds. The molecule has 7 heteroatoms. The number of tetrazole rings is 1. The van der Waals surface area contributed by atoms with Gasteiger partial charge in [0.1, 0.15) is 0 Å². The first-order valence-corrected chi connectivity index (χ1v) is 6.25. The lowest BCUT2D eigenvalue weighted by molar-refractivity contribution is 0.174. The molecule has 2 heterocycles. The summed E-state index contributed by atoms with van der Waals surface area (Å²) in [7, 11) is 0. The van der Waals surface area contributed by atoms with Crippen LogP contribution in [0.5, 0.6) is 11.5 Å². The lowest BCUT2D eigenvalue weighted by Crippen LogP contribution is -2.08. The van der Waals surface area contributed by atoms with Gasteiger partial charge in [-0.05, 0) is 34.5 Å². The first kappa shape index (κ1) is 11.8. The van der Waals surface area contributed by atoms with Gasteiger partial charge in [-0.25, -0.2) is 4.68 Å². The van der Waals surface area contributed by atoms with Crippen LogP contribution in [0.3, 0.4) is 0 Å². The number of hydrogen-bond acceptors (Lipinski definition) is 6. The highest BCUT2D eigenvalue weighted by molar-refractivity contribution is 5.45. The van der Waals surface area contributed by atoms with Gasteiger partial charge in [-0.15, -0.1) is 0 Å². The van der Waals surface area contributed by atoms with Crippen LogP contribution in [0, 0.1) is 0 Å². The zero-order chi connectivity index (χ0) is 13.1. The van der Waals surface area contributed by atoms with E-state index >= 15 is 0 Å². The van der Waals surface area contributed by atoms with E-state index in [2.05, 4.69) is 27.8 Å². The molecular weight excluding hydrogens is 246 g/mol. The maximum atomic E-state index is 5.34. The predicted octanol–water partition coefficient (Wildman–Crippen LogP) is 1.42. The van der Waals surface area contributed by atoms with Crippen LogP contribution in [0.2, 0.25) is 0 Å². The van der Waals surface area contributed by atoms with Crippen LogP contribution >= 0.6 is 0 Å². The number of ether oxygens (including phenoxy) is 2. The molecule has 3 rings (SSSR count). The summed E-state index contributed by atoms with van der Waals surface area (Å²) in [5.74, 6) is 2.26. The number of aromatic nitrogens is 4. The van der Waals surface area contributed by atoms with Crippen molar-refractivity contribution in [3.05, 3.63) is 23.8 Å². The van der Waals surface area contributed by atoms with Crippen LogP contribution in [0.25, 0.3) is 0 Å². The molecule has 100 valence electrons.